The summed E-state index contributed by atoms with van der Waals surface area (Å²) in [6, 6.07) is 5.43. The summed E-state index contributed by atoms with van der Waals surface area (Å²) < 4.78 is 0. The predicted octanol–water partition coefficient (Wildman–Crippen LogP) is 2.70. The molecule has 4 heteroatoms. The van der Waals surface area contributed by atoms with E-state index in [1.807, 2.05) is 30.0 Å². The first kappa shape index (κ1) is 12.4. The molecule has 17 heavy (non-hydrogen) atoms. The molecule has 1 atom stereocenters. The monoisotopic (exact) mass is 253 g/mol. The Balaban J connectivity index is 2.12. The fourth-order valence-corrected chi connectivity index (χ4v) is 2.58. The zero-order chi connectivity index (χ0) is 12.4. The van der Waals surface area contributed by atoms with Gasteiger partial charge < -0.3 is 5.11 Å². The third-order valence-corrected chi connectivity index (χ3v) is 3.56. The topological polar surface area (TPSA) is 40.5 Å². The SMILES string of the molecule is Cc1cc(Cl)ccc1CN1CCC[C@H]1C(=O)O. The summed E-state index contributed by atoms with van der Waals surface area (Å²) >= 11 is 5.90. The van der Waals surface area contributed by atoms with E-state index in [0.29, 0.717) is 6.54 Å². The standard InChI is InChI=1S/C13H16ClNO2/c1-9-7-11(14)5-4-10(9)8-15-6-2-3-12(15)13(16)17/h4-5,7,12H,2-3,6,8H2,1H3,(H,16,17)/t12-/m0/s1. The first-order valence-corrected chi connectivity index (χ1v) is 6.17. The maximum atomic E-state index is 11.1. The molecule has 2 rings (SSSR count). The number of carbonyl (C=O) groups is 1. The molecule has 1 aliphatic heterocycles. The summed E-state index contributed by atoms with van der Waals surface area (Å²) in [4.78, 5) is 13.1. The number of halogens is 1. The van der Waals surface area contributed by atoms with Gasteiger partial charge in [0.15, 0.2) is 0 Å². The van der Waals surface area contributed by atoms with Gasteiger partial charge in [-0.05, 0) is 49.6 Å². The second-order valence-electron chi connectivity index (χ2n) is 4.54. The van der Waals surface area contributed by atoms with E-state index < -0.39 is 5.97 Å². The third-order valence-electron chi connectivity index (χ3n) is 3.33. The van der Waals surface area contributed by atoms with Crippen LogP contribution in [0, 0.1) is 6.92 Å². The molecule has 0 spiro atoms. The summed E-state index contributed by atoms with van der Waals surface area (Å²) in [5.74, 6) is -0.714. The minimum Gasteiger partial charge on any atom is -0.480 e. The van der Waals surface area contributed by atoms with E-state index in [1.165, 1.54) is 0 Å². The van der Waals surface area contributed by atoms with Crippen molar-refractivity contribution in [2.24, 2.45) is 0 Å². The molecule has 1 heterocycles. The molecule has 0 amide bonds. The van der Waals surface area contributed by atoms with Crippen LogP contribution in [0.25, 0.3) is 0 Å². The lowest BCUT2D eigenvalue weighted by Crippen LogP contribution is -2.35. The number of carboxylic acids is 1. The Kier molecular flexibility index (Phi) is 3.69. The Hall–Kier alpha value is -1.06. The van der Waals surface area contributed by atoms with Gasteiger partial charge in [0, 0.05) is 11.6 Å². The van der Waals surface area contributed by atoms with Gasteiger partial charge in [-0.15, -0.1) is 0 Å². The number of aliphatic carboxylic acids is 1. The maximum Gasteiger partial charge on any atom is 0.320 e. The van der Waals surface area contributed by atoms with Crippen LogP contribution in [-0.4, -0.2) is 28.6 Å². The third kappa shape index (κ3) is 2.79. The Morgan fingerprint density at radius 1 is 1.59 bits per heavy atom. The number of hydrogen-bond donors (Lipinski definition) is 1. The fraction of sp³-hybridized carbons (Fsp3) is 0.462. The minimum atomic E-state index is -0.714. The first-order chi connectivity index (χ1) is 8.08. The molecule has 1 fully saturated rings. The highest BCUT2D eigenvalue weighted by Gasteiger charge is 2.30. The maximum absolute atomic E-state index is 11.1. The van der Waals surface area contributed by atoms with E-state index >= 15 is 0 Å². The highest BCUT2D eigenvalue weighted by molar-refractivity contribution is 6.30. The lowest BCUT2D eigenvalue weighted by atomic mass is 10.1. The smallest absolute Gasteiger partial charge is 0.320 e. The molecule has 92 valence electrons. The number of benzene rings is 1. The van der Waals surface area contributed by atoms with Crippen molar-refractivity contribution >= 4 is 17.6 Å². The number of rotatable bonds is 3. The van der Waals surface area contributed by atoms with Gasteiger partial charge in [0.1, 0.15) is 6.04 Å². The van der Waals surface area contributed by atoms with Gasteiger partial charge in [-0.25, -0.2) is 0 Å². The van der Waals surface area contributed by atoms with E-state index in [1.54, 1.807) is 0 Å². The van der Waals surface area contributed by atoms with Crippen LogP contribution in [0.4, 0.5) is 0 Å². The Bertz CT molecular complexity index is 433. The van der Waals surface area contributed by atoms with Gasteiger partial charge in [-0.2, -0.15) is 0 Å². The first-order valence-electron chi connectivity index (χ1n) is 5.80. The number of likely N-dealkylation sites (tertiary alicyclic amines) is 1. The molecule has 0 unspecified atom stereocenters. The molecular weight excluding hydrogens is 238 g/mol. The molecule has 1 aliphatic rings. The van der Waals surface area contributed by atoms with E-state index in [-0.39, 0.29) is 6.04 Å². The zero-order valence-electron chi connectivity index (χ0n) is 9.82. The average molecular weight is 254 g/mol. The van der Waals surface area contributed by atoms with Crippen molar-refractivity contribution in [3.8, 4) is 0 Å². The molecule has 0 saturated carbocycles. The van der Waals surface area contributed by atoms with Crippen LogP contribution in [0.5, 0.6) is 0 Å². The van der Waals surface area contributed by atoms with E-state index in [0.717, 1.165) is 35.5 Å². The molecule has 0 aromatic heterocycles. The molecule has 1 saturated heterocycles. The molecular formula is C13H16ClNO2. The van der Waals surface area contributed by atoms with E-state index in [9.17, 15) is 4.79 Å². The Labute approximate surface area is 106 Å². The highest BCUT2D eigenvalue weighted by atomic mass is 35.5. The van der Waals surface area contributed by atoms with Gasteiger partial charge in [-0.1, -0.05) is 17.7 Å². The Morgan fingerprint density at radius 2 is 2.35 bits per heavy atom. The van der Waals surface area contributed by atoms with Gasteiger partial charge in [0.2, 0.25) is 0 Å². The largest absolute Gasteiger partial charge is 0.480 e. The quantitative estimate of drug-likeness (QED) is 0.901. The lowest BCUT2D eigenvalue weighted by molar-refractivity contribution is -0.142. The number of hydrogen-bond acceptors (Lipinski definition) is 2. The van der Waals surface area contributed by atoms with Crippen LogP contribution < -0.4 is 0 Å². The van der Waals surface area contributed by atoms with Crippen molar-refractivity contribution in [1.82, 2.24) is 4.90 Å². The molecule has 0 bridgehead atoms. The molecule has 1 aromatic carbocycles. The Morgan fingerprint density at radius 3 is 3.00 bits per heavy atom. The summed E-state index contributed by atoms with van der Waals surface area (Å²) in [5.41, 5.74) is 2.27. The van der Waals surface area contributed by atoms with Gasteiger partial charge in [-0.3, -0.25) is 9.69 Å². The van der Waals surface area contributed by atoms with Crippen molar-refractivity contribution in [2.75, 3.05) is 6.54 Å². The second-order valence-corrected chi connectivity index (χ2v) is 4.97. The van der Waals surface area contributed by atoms with Crippen molar-refractivity contribution in [3.05, 3.63) is 34.3 Å². The van der Waals surface area contributed by atoms with Gasteiger partial charge in [0.25, 0.3) is 0 Å². The number of carboxylic acid groups (broad SMARTS) is 1. The molecule has 1 N–H and O–H groups in total. The predicted molar refractivity (Wildman–Crippen MR) is 67.3 cm³/mol. The molecule has 0 radical (unpaired) electrons. The molecule has 0 aliphatic carbocycles. The van der Waals surface area contributed by atoms with Gasteiger partial charge in [0.05, 0.1) is 0 Å². The zero-order valence-corrected chi connectivity index (χ0v) is 10.6. The number of nitrogens with zero attached hydrogens (tertiary/aromatic N) is 1. The van der Waals surface area contributed by atoms with E-state index in [4.69, 9.17) is 16.7 Å². The van der Waals surface area contributed by atoms with Crippen molar-refractivity contribution in [2.45, 2.75) is 32.4 Å². The van der Waals surface area contributed by atoms with Crippen molar-refractivity contribution in [3.63, 3.8) is 0 Å². The summed E-state index contributed by atoms with van der Waals surface area (Å²) in [7, 11) is 0. The summed E-state index contributed by atoms with van der Waals surface area (Å²) in [5, 5.41) is 9.84. The van der Waals surface area contributed by atoms with E-state index in [2.05, 4.69) is 0 Å². The van der Waals surface area contributed by atoms with Gasteiger partial charge >= 0.3 is 5.97 Å². The van der Waals surface area contributed by atoms with Crippen LogP contribution in [0.2, 0.25) is 5.02 Å². The van der Waals surface area contributed by atoms with Crippen molar-refractivity contribution < 1.29 is 9.90 Å². The average Bonchev–Trinajstić information content (AvgIpc) is 2.70. The summed E-state index contributed by atoms with van der Waals surface area (Å²) in [6.07, 6.45) is 1.71. The van der Waals surface area contributed by atoms with Crippen molar-refractivity contribution in [1.29, 1.82) is 0 Å². The molecule has 1 aromatic rings. The summed E-state index contributed by atoms with van der Waals surface area (Å²) in [6.45, 7) is 3.56. The molecule has 3 nitrogen and oxygen atoms in total. The second kappa shape index (κ2) is 5.07. The van der Waals surface area contributed by atoms with Crippen LogP contribution in [-0.2, 0) is 11.3 Å². The van der Waals surface area contributed by atoms with Crippen LogP contribution in [0.15, 0.2) is 18.2 Å². The normalized spacial score (nSPS) is 20.7. The minimum absolute atomic E-state index is 0.329. The van der Waals surface area contributed by atoms with Crippen LogP contribution in [0.3, 0.4) is 0 Å². The highest BCUT2D eigenvalue weighted by Crippen LogP contribution is 2.23. The van der Waals surface area contributed by atoms with Crippen LogP contribution in [0.1, 0.15) is 24.0 Å². The lowest BCUT2D eigenvalue weighted by Gasteiger charge is -2.22. The fourth-order valence-electron chi connectivity index (χ4n) is 2.35. The van der Waals surface area contributed by atoms with Crippen LogP contribution >= 0.6 is 11.6 Å². The number of aryl methyl sites for hydroxylation is 1.